The highest BCUT2D eigenvalue weighted by atomic mass is 16.3. The van der Waals surface area contributed by atoms with Crippen molar-refractivity contribution < 1.29 is 5.11 Å². The van der Waals surface area contributed by atoms with Gasteiger partial charge in [0.1, 0.15) is 6.23 Å². The first-order valence-electron chi connectivity index (χ1n) is 6.27. The van der Waals surface area contributed by atoms with Gasteiger partial charge in [-0.15, -0.1) is 0 Å². The molecule has 2 heteroatoms. The molecule has 2 rings (SSSR count). The van der Waals surface area contributed by atoms with Crippen LogP contribution in [-0.2, 0) is 0 Å². The summed E-state index contributed by atoms with van der Waals surface area (Å²) in [4.78, 5) is 2.20. The minimum atomic E-state index is -0.400. The number of hydrogen-bond acceptors (Lipinski definition) is 2. The molecule has 1 fully saturated rings. The van der Waals surface area contributed by atoms with Crippen LogP contribution < -0.4 is 0 Å². The van der Waals surface area contributed by atoms with Gasteiger partial charge in [-0.1, -0.05) is 19.1 Å². The summed E-state index contributed by atoms with van der Waals surface area (Å²) in [6, 6.07) is 0. The Hall–Kier alpha value is -0.760. The Bertz CT molecular complexity index is 328. The molecule has 0 amide bonds. The van der Waals surface area contributed by atoms with E-state index in [1.165, 1.54) is 5.70 Å². The zero-order valence-electron chi connectivity index (χ0n) is 10.8. The zero-order valence-corrected chi connectivity index (χ0v) is 10.8. The third kappa shape index (κ3) is 1.80. The number of likely N-dealkylation sites (tertiary alicyclic amines) is 1. The van der Waals surface area contributed by atoms with E-state index in [9.17, 15) is 5.11 Å². The molecule has 0 radical (unpaired) electrons. The summed E-state index contributed by atoms with van der Waals surface area (Å²) in [7, 11) is 0. The summed E-state index contributed by atoms with van der Waals surface area (Å²) in [6.07, 6.45) is 8.40. The smallest absolute Gasteiger partial charge is 0.124 e. The molecule has 1 aliphatic carbocycles. The normalized spacial score (nSPS) is 34.3. The van der Waals surface area contributed by atoms with Crippen LogP contribution in [0.3, 0.4) is 0 Å². The van der Waals surface area contributed by atoms with Crippen LogP contribution in [0.4, 0.5) is 0 Å². The highest BCUT2D eigenvalue weighted by Gasteiger charge is 2.42. The van der Waals surface area contributed by atoms with Crippen LogP contribution >= 0.6 is 0 Å². The highest BCUT2D eigenvalue weighted by molar-refractivity contribution is 5.25. The van der Waals surface area contributed by atoms with Crippen LogP contribution in [0.25, 0.3) is 0 Å². The van der Waals surface area contributed by atoms with Crippen LogP contribution in [-0.4, -0.2) is 21.8 Å². The molecule has 2 nitrogen and oxygen atoms in total. The average molecular weight is 221 g/mol. The van der Waals surface area contributed by atoms with Gasteiger partial charge in [-0.25, -0.2) is 0 Å². The number of allylic oxidation sites excluding steroid dienone is 4. The fraction of sp³-hybridized carbons (Fsp3) is 0.714. The van der Waals surface area contributed by atoms with Crippen LogP contribution in [0.5, 0.6) is 0 Å². The maximum Gasteiger partial charge on any atom is 0.124 e. The lowest BCUT2D eigenvalue weighted by Gasteiger charge is -2.53. The Morgan fingerprint density at radius 2 is 2.19 bits per heavy atom. The van der Waals surface area contributed by atoms with E-state index in [4.69, 9.17) is 0 Å². The number of fused-ring (bicyclic) bond motifs is 1. The van der Waals surface area contributed by atoms with Crippen LogP contribution in [0.1, 0.15) is 40.5 Å². The van der Waals surface area contributed by atoms with Crippen molar-refractivity contribution in [3.63, 3.8) is 0 Å². The van der Waals surface area contributed by atoms with Crippen LogP contribution in [0.15, 0.2) is 23.9 Å². The summed E-state index contributed by atoms with van der Waals surface area (Å²) in [5.41, 5.74) is 1.38. The zero-order chi connectivity index (χ0) is 11.9. The SMILES string of the molecule is CC1CC(C)(C)N(C(C)O)C2=CC=CCC21. The molecule has 0 saturated carbocycles. The predicted molar refractivity (Wildman–Crippen MR) is 66.7 cm³/mol. The Morgan fingerprint density at radius 3 is 2.81 bits per heavy atom. The van der Waals surface area contributed by atoms with Crippen molar-refractivity contribution >= 4 is 0 Å². The van der Waals surface area contributed by atoms with E-state index in [2.05, 4.69) is 43.9 Å². The third-order valence-electron chi connectivity index (χ3n) is 3.99. The van der Waals surface area contributed by atoms with Gasteiger partial charge in [0.15, 0.2) is 0 Å². The van der Waals surface area contributed by atoms with Crippen molar-refractivity contribution in [2.75, 3.05) is 0 Å². The van der Waals surface area contributed by atoms with Crippen molar-refractivity contribution in [3.05, 3.63) is 23.9 Å². The molecule has 0 spiro atoms. The van der Waals surface area contributed by atoms with Crippen molar-refractivity contribution in [2.45, 2.75) is 52.3 Å². The molecule has 16 heavy (non-hydrogen) atoms. The van der Waals surface area contributed by atoms with E-state index in [-0.39, 0.29) is 5.54 Å². The maximum absolute atomic E-state index is 10.00. The van der Waals surface area contributed by atoms with Crippen molar-refractivity contribution in [1.82, 2.24) is 4.90 Å². The first-order valence-corrected chi connectivity index (χ1v) is 6.27. The number of aliphatic hydroxyl groups is 1. The van der Waals surface area contributed by atoms with Gasteiger partial charge in [-0.3, -0.25) is 0 Å². The lowest BCUT2D eigenvalue weighted by atomic mass is 9.72. The van der Waals surface area contributed by atoms with Crippen molar-refractivity contribution in [2.24, 2.45) is 11.8 Å². The van der Waals surface area contributed by atoms with E-state index in [0.717, 1.165) is 12.8 Å². The van der Waals surface area contributed by atoms with Gasteiger partial charge in [-0.2, -0.15) is 0 Å². The molecule has 0 aromatic heterocycles. The molecule has 0 aromatic rings. The number of nitrogens with zero attached hydrogens (tertiary/aromatic N) is 1. The third-order valence-corrected chi connectivity index (χ3v) is 3.99. The highest BCUT2D eigenvalue weighted by Crippen LogP contribution is 2.44. The molecule has 0 aromatic carbocycles. The lowest BCUT2D eigenvalue weighted by Crippen LogP contribution is -2.55. The summed E-state index contributed by atoms with van der Waals surface area (Å²) < 4.78 is 0. The molecule has 0 bridgehead atoms. The van der Waals surface area contributed by atoms with E-state index in [1.54, 1.807) is 0 Å². The molecule has 1 N–H and O–H groups in total. The first-order chi connectivity index (χ1) is 7.43. The maximum atomic E-state index is 10.00. The second-order valence-corrected chi connectivity index (χ2v) is 5.86. The van der Waals surface area contributed by atoms with Gasteiger partial charge in [0, 0.05) is 17.2 Å². The largest absolute Gasteiger partial charge is 0.374 e. The van der Waals surface area contributed by atoms with Gasteiger partial charge in [0.25, 0.3) is 0 Å². The molecule has 3 atom stereocenters. The van der Waals surface area contributed by atoms with Gasteiger partial charge < -0.3 is 10.0 Å². The standard InChI is InChI=1S/C14H23NO/c1-10-9-14(3,4)15(11(2)16)13-8-6-5-7-12(10)13/h5-6,8,10-12,16H,7,9H2,1-4H3. The summed E-state index contributed by atoms with van der Waals surface area (Å²) in [6.45, 7) is 8.66. The Labute approximate surface area is 98.6 Å². The summed E-state index contributed by atoms with van der Waals surface area (Å²) >= 11 is 0. The van der Waals surface area contributed by atoms with Crippen LogP contribution in [0.2, 0.25) is 0 Å². The van der Waals surface area contributed by atoms with E-state index >= 15 is 0 Å². The molecule has 2 aliphatic rings. The average Bonchev–Trinajstić information content (AvgIpc) is 2.15. The van der Waals surface area contributed by atoms with Gasteiger partial charge >= 0.3 is 0 Å². The molecule has 1 heterocycles. The molecule has 1 saturated heterocycles. The topological polar surface area (TPSA) is 23.5 Å². The number of rotatable bonds is 1. The molecule has 90 valence electrons. The predicted octanol–water partition coefficient (Wildman–Crippen LogP) is 2.91. The number of piperidine rings is 1. The quantitative estimate of drug-likeness (QED) is 0.736. The van der Waals surface area contributed by atoms with E-state index < -0.39 is 6.23 Å². The van der Waals surface area contributed by atoms with Crippen molar-refractivity contribution in [3.8, 4) is 0 Å². The van der Waals surface area contributed by atoms with Gasteiger partial charge in [0.05, 0.1) is 0 Å². The lowest BCUT2D eigenvalue weighted by molar-refractivity contribution is -0.0599. The van der Waals surface area contributed by atoms with E-state index in [1.807, 2.05) is 6.92 Å². The first kappa shape index (κ1) is 11.7. The Balaban J connectivity index is 2.39. The fourth-order valence-corrected chi connectivity index (χ4v) is 3.52. The minimum absolute atomic E-state index is 0.0566. The molecule has 1 aliphatic heterocycles. The molecule has 3 unspecified atom stereocenters. The number of hydrogen-bond donors (Lipinski definition) is 1. The Morgan fingerprint density at radius 1 is 1.50 bits per heavy atom. The van der Waals surface area contributed by atoms with E-state index in [0.29, 0.717) is 11.8 Å². The molecular formula is C14H23NO. The summed E-state index contributed by atoms with van der Waals surface area (Å²) in [5, 5.41) is 10.00. The van der Waals surface area contributed by atoms with Crippen LogP contribution in [0, 0.1) is 11.8 Å². The second-order valence-electron chi connectivity index (χ2n) is 5.86. The fourth-order valence-electron chi connectivity index (χ4n) is 3.52. The number of aliphatic hydroxyl groups excluding tert-OH is 1. The van der Waals surface area contributed by atoms with Gasteiger partial charge in [-0.05, 0) is 45.6 Å². The second kappa shape index (κ2) is 3.92. The Kier molecular flexibility index (Phi) is 2.87. The minimum Gasteiger partial charge on any atom is -0.374 e. The monoisotopic (exact) mass is 221 g/mol. The molecular weight excluding hydrogens is 198 g/mol. The summed E-state index contributed by atoms with van der Waals surface area (Å²) in [5.74, 6) is 1.29. The van der Waals surface area contributed by atoms with Crippen molar-refractivity contribution in [1.29, 1.82) is 0 Å². The van der Waals surface area contributed by atoms with Gasteiger partial charge in [0.2, 0.25) is 0 Å².